The van der Waals surface area contributed by atoms with Crippen LogP contribution in [0.15, 0.2) is 18.2 Å². The lowest BCUT2D eigenvalue weighted by Crippen LogP contribution is -2.35. The van der Waals surface area contributed by atoms with Gasteiger partial charge in [0.2, 0.25) is 0 Å². The Balaban J connectivity index is 2.05. The third kappa shape index (κ3) is 2.70. The van der Waals surface area contributed by atoms with Crippen molar-refractivity contribution in [2.45, 2.75) is 33.2 Å². The van der Waals surface area contributed by atoms with Gasteiger partial charge in [-0.1, -0.05) is 23.8 Å². The Morgan fingerprint density at radius 3 is 2.81 bits per heavy atom. The molecule has 1 saturated heterocycles. The molecule has 2 heteroatoms. The minimum absolute atomic E-state index is 0.385. The van der Waals surface area contributed by atoms with Crippen LogP contribution in [0.5, 0.6) is 0 Å². The van der Waals surface area contributed by atoms with Gasteiger partial charge in [0.05, 0.1) is 6.54 Å². The second kappa shape index (κ2) is 4.79. The molecule has 0 aromatic heterocycles. The Labute approximate surface area is 97.3 Å². The lowest BCUT2D eigenvalue weighted by atomic mass is 10.0. The fourth-order valence-corrected chi connectivity index (χ4v) is 2.31. The van der Waals surface area contributed by atoms with Crippen LogP contribution >= 0.6 is 0 Å². The summed E-state index contributed by atoms with van der Waals surface area (Å²) in [5.41, 5.74) is 3.98. The lowest BCUT2D eigenvalue weighted by molar-refractivity contribution is -0.122. The number of benzene rings is 1. The van der Waals surface area contributed by atoms with Crippen molar-refractivity contribution in [1.29, 1.82) is 0 Å². The second-order valence-corrected chi connectivity index (χ2v) is 4.78. The highest BCUT2D eigenvalue weighted by molar-refractivity contribution is 5.81. The Kier molecular flexibility index (Phi) is 3.39. The van der Waals surface area contributed by atoms with Gasteiger partial charge in [-0.05, 0) is 37.9 Å². The largest absolute Gasteiger partial charge is 0.298 e. The predicted octanol–water partition coefficient (Wildman–Crippen LogP) is 2.47. The normalized spacial score (nSPS) is 17.8. The molecule has 1 heterocycles. The summed E-state index contributed by atoms with van der Waals surface area (Å²) in [6.45, 7) is 6.86. The van der Waals surface area contributed by atoms with Crippen LogP contribution in [0.3, 0.4) is 0 Å². The Morgan fingerprint density at radius 1 is 1.31 bits per heavy atom. The Morgan fingerprint density at radius 2 is 2.12 bits per heavy atom. The molecule has 1 aliphatic heterocycles. The highest BCUT2D eigenvalue weighted by atomic mass is 16.1. The molecule has 1 aromatic carbocycles. The summed E-state index contributed by atoms with van der Waals surface area (Å²) < 4.78 is 0. The molecular weight excluding hydrogens is 198 g/mol. The molecule has 2 rings (SSSR count). The van der Waals surface area contributed by atoms with Gasteiger partial charge < -0.3 is 0 Å². The molecule has 0 amide bonds. The van der Waals surface area contributed by atoms with E-state index in [0.717, 1.165) is 25.9 Å². The zero-order chi connectivity index (χ0) is 11.5. The molecule has 86 valence electrons. The van der Waals surface area contributed by atoms with E-state index in [-0.39, 0.29) is 0 Å². The van der Waals surface area contributed by atoms with Crippen LogP contribution < -0.4 is 0 Å². The standard InChI is InChI=1S/C14H19NO/c1-11-5-6-13(12(2)8-11)9-15-7-3-4-14(16)10-15/h5-6,8H,3-4,7,9-10H2,1-2H3. The maximum Gasteiger partial charge on any atom is 0.146 e. The van der Waals surface area contributed by atoms with Crippen molar-refractivity contribution in [2.24, 2.45) is 0 Å². The number of ketones is 1. The average molecular weight is 217 g/mol. The molecule has 1 aliphatic rings. The van der Waals surface area contributed by atoms with E-state index in [9.17, 15) is 4.79 Å². The van der Waals surface area contributed by atoms with Gasteiger partial charge in [0.25, 0.3) is 0 Å². The van der Waals surface area contributed by atoms with E-state index in [2.05, 4.69) is 36.9 Å². The van der Waals surface area contributed by atoms with Crippen LogP contribution in [0.4, 0.5) is 0 Å². The maximum atomic E-state index is 11.4. The van der Waals surface area contributed by atoms with Crippen molar-refractivity contribution in [3.05, 3.63) is 34.9 Å². The Bertz CT molecular complexity index is 398. The first-order valence-electron chi connectivity index (χ1n) is 5.95. The minimum atomic E-state index is 0.385. The number of carbonyl (C=O) groups excluding carboxylic acids is 1. The van der Waals surface area contributed by atoms with Crippen molar-refractivity contribution >= 4 is 5.78 Å². The van der Waals surface area contributed by atoms with Gasteiger partial charge in [-0.2, -0.15) is 0 Å². The summed E-state index contributed by atoms with van der Waals surface area (Å²) in [5, 5.41) is 0. The van der Waals surface area contributed by atoms with Crippen LogP contribution in [-0.2, 0) is 11.3 Å². The Hall–Kier alpha value is -1.15. The van der Waals surface area contributed by atoms with Gasteiger partial charge in [-0.25, -0.2) is 0 Å². The molecule has 1 fully saturated rings. The van der Waals surface area contributed by atoms with Crippen LogP contribution in [0.2, 0.25) is 0 Å². The first-order chi connectivity index (χ1) is 7.65. The molecule has 16 heavy (non-hydrogen) atoms. The quantitative estimate of drug-likeness (QED) is 0.758. The zero-order valence-electron chi connectivity index (χ0n) is 10.1. The first kappa shape index (κ1) is 11.3. The molecule has 0 unspecified atom stereocenters. The monoisotopic (exact) mass is 217 g/mol. The molecular formula is C14H19NO. The van der Waals surface area contributed by atoms with E-state index in [1.165, 1.54) is 16.7 Å². The highest BCUT2D eigenvalue weighted by Crippen LogP contribution is 2.15. The number of aryl methyl sites for hydroxylation is 2. The van der Waals surface area contributed by atoms with Gasteiger partial charge in [0, 0.05) is 13.0 Å². The molecule has 0 atom stereocenters. The van der Waals surface area contributed by atoms with E-state index in [1.54, 1.807) is 0 Å². The van der Waals surface area contributed by atoms with Crippen LogP contribution in [-0.4, -0.2) is 23.8 Å². The van der Waals surface area contributed by atoms with Crippen molar-refractivity contribution in [2.75, 3.05) is 13.1 Å². The fraction of sp³-hybridized carbons (Fsp3) is 0.500. The number of rotatable bonds is 2. The molecule has 0 radical (unpaired) electrons. The highest BCUT2D eigenvalue weighted by Gasteiger charge is 2.17. The third-order valence-corrected chi connectivity index (χ3v) is 3.22. The van der Waals surface area contributed by atoms with Crippen molar-refractivity contribution < 1.29 is 4.79 Å². The van der Waals surface area contributed by atoms with Gasteiger partial charge in [-0.3, -0.25) is 9.69 Å². The topological polar surface area (TPSA) is 20.3 Å². The van der Waals surface area contributed by atoms with Crippen molar-refractivity contribution in [3.8, 4) is 0 Å². The number of piperidine rings is 1. The number of hydrogen-bond donors (Lipinski definition) is 0. The lowest BCUT2D eigenvalue weighted by Gasteiger charge is -2.26. The first-order valence-corrected chi connectivity index (χ1v) is 5.95. The number of carbonyl (C=O) groups is 1. The van der Waals surface area contributed by atoms with Crippen molar-refractivity contribution in [3.63, 3.8) is 0 Å². The molecule has 0 saturated carbocycles. The minimum Gasteiger partial charge on any atom is -0.298 e. The molecule has 1 aromatic rings. The van der Waals surface area contributed by atoms with E-state index >= 15 is 0 Å². The fourth-order valence-electron chi connectivity index (χ4n) is 2.31. The third-order valence-electron chi connectivity index (χ3n) is 3.22. The van der Waals surface area contributed by atoms with E-state index in [1.807, 2.05) is 0 Å². The van der Waals surface area contributed by atoms with E-state index in [4.69, 9.17) is 0 Å². The number of hydrogen-bond acceptors (Lipinski definition) is 2. The summed E-state index contributed by atoms with van der Waals surface area (Å²) in [5.74, 6) is 0.385. The molecule has 2 nitrogen and oxygen atoms in total. The number of Topliss-reactive ketones (excluding diaryl/α,β-unsaturated/α-hetero) is 1. The maximum absolute atomic E-state index is 11.4. The summed E-state index contributed by atoms with van der Waals surface area (Å²) in [7, 11) is 0. The molecule has 0 bridgehead atoms. The second-order valence-electron chi connectivity index (χ2n) is 4.78. The number of nitrogens with zero attached hydrogens (tertiary/aromatic N) is 1. The predicted molar refractivity (Wildman–Crippen MR) is 65.4 cm³/mol. The van der Waals surface area contributed by atoms with Crippen LogP contribution in [0, 0.1) is 13.8 Å². The van der Waals surface area contributed by atoms with Crippen molar-refractivity contribution in [1.82, 2.24) is 4.90 Å². The average Bonchev–Trinajstić information content (AvgIpc) is 2.22. The SMILES string of the molecule is Cc1ccc(CN2CCCC(=O)C2)c(C)c1. The van der Waals surface area contributed by atoms with E-state index in [0.29, 0.717) is 12.3 Å². The molecule has 0 aliphatic carbocycles. The van der Waals surface area contributed by atoms with E-state index < -0.39 is 0 Å². The van der Waals surface area contributed by atoms with Gasteiger partial charge >= 0.3 is 0 Å². The van der Waals surface area contributed by atoms with Crippen LogP contribution in [0.1, 0.15) is 29.5 Å². The molecule has 0 spiro atoms. The smallest absolute Gasteiger partial charge is 0.146 e. The van der Waals surface area contributed by atoms with Gasteiger partial charge in [0.1, 0.15) is 5.78 Å². The zero-order valence-corrected chi connectivity index (χ0v) is 10.1. The van der Waals surface area contributed by atoms with Gasteiger partial charge in [0.15, 0.2) is 0 Å². The summed E-state index contributed by atoms with van der Waals surface area (Å²) in [4.78, 5) is 13.6. The summed E-state index contributed by atoms with van der Waals surface area (Å²) >= 11 is 0. The van der Waals surface area contributed by atoms with Crippen LogP contribution in [0.25, 0.3) is 0 Å². The number of likely N-dealkylation sites (tertiary alicyclic amines) is 1. The summed E-state index contributed by atoms with van der Waals surface area (Å²) in [6, 6.07) is 6.54. The summed E-state index contributed by atoms with van der Waals surface area (Å²) in [6.07, 6.45) is 1.78. The molecule has 0 N–H and O–H groups in total. The van der Waals surface area contributed by atoms with Gasteiger partial charge in [-0.15, -0.1) is 0 Å².